The summed E-state index contributed by atoms with van der Waals surface area (Å²) in [6, 6.07) is 8.06. The van der Waals surface area contributed by atoms with Crippen molar-refractivity contribution in [3.05, 3.63) is 30.1 Å². The lowest BCUT2D eigenvalue weighted by Gasteiger charge is -2.11. The summed E-state index contributed by atoms with van der Waals surface area (Å²) >= 11 is 0. The van der Waals surface area contributed by atoms with Crippen molar-refractivity contribution in [2.45, 2.75) is 46.6 Å². The molecule has 0 radical (unpaired) electrons. The van der Waals surface area contributed by atoms with Gasteiger partial charge in [-0.1, -0.05) is 32.9 Å². The molecule has 19 heavy (non-hydrogen) atoms. The van der Waals surface area contributed by atoms with Gasteiger partial charge in [0.2, 0.25) is 0 Å². The van der Waals surface area contributed by atoms with E-state index in [9.17, 15) is 4.79 Å². The zero-order valence-corrected chi connectivity index (χ0v) is 12.0. The summed E-state index contributed by atoms with van der Waals surface area (Å²) in [5.74, 6) is 1.44. The molecule has 0 saturated heterocycles. The van der Waals surface area contributed by atoms with E-state index in [-0.39, 0.29) is 5.92 Å². The molecule has 2 aromatic rings. The third-order valence-corrected chi connectivity index (χ3v) is 3.68. The normalized spacial score (nSPS) is 12.8. The maximum absolute atomic E-state index is 12.2. The fourth-order valence-corrected chi connectivity index (χ4v) is 2.26. The van der Waals surface area contributed by atoms with Gasteiger partial charge in [-0.15, -0.1) is 0 Å². The van der Waals surface area contributed by atoms with Gasteiger partial charge in [0.1, 0.15) is 5.82 Å². The molecule has 0 aliphatic rings. The molecule has 3 heteroatoms. The van der Waals surface area contributed by atoms with Gasteiger partial charge in [0.15, 0.2) is 5.78 Å². The van der Waals surface area contributed by atoms with E-state index in [1.807, 2.05) is 31.2 Å². The molecule has 0 spiro atoms. The number of aromatic nitrogens is 2. The van der Waals surface area contributed by atoms with Crippen LogP contribution in [0.25, 0.3) is 11.0 Å². The number of fused-ring (bicyclic) bond motifs is 1. The lowest BCUT2D eigenvalue weighted by molar-refractivity contribution is -0.123. The molecule has 102 valence electrons. The van der Waals surface area contributed by atoms with E-state index < -0.39 is 0 Å². The van der Waals surface area contributed by atoms with E-state index in [1.165, 1.54) is 0 Å². The van der Waals surface area contributed by atoms with E-state index in [0.717, 1.165) is 36.1 Å². The highest BCUT2D eigenvalue weighted by Gasteiger charge is 2.16. The number of Topliss-reactive ketones (excluding diaryl/α,β-unsaturated/α-hetero) is 1. The lowest BCUT2D eigenvalue weighted by Crippen LogP contribution is -2.18. The van der Waals surface area contributed by atoms with Crippen molar-refractivity contribution >= 4 is 16.8 Å². The van der Waals surface area contributed by atoms with Crippen molar-refractivity contribution in [2.24, 2.45) is 5.92 Å². The first-order valence-corrected chi connectivity index (χ1v) is 7.14. The number of hydrogen-bond donors (Lipinski definition) is 0. The molecule has 0 saturated carbocycles. The molecule has 0 aliphatic carbocycles. The van der Waals surface area contributed by atoms with Crippen molar-refractivity contribution in [2.75, 3.05) is 0 Å². The molecule has 1 heterocycles. The molecule has 1 unspecified atom stereocenters. The molecule has 0 aliphatic heterocycles. The summed E-state index contributed by atoms with van der Waals surface area (Å²) in [6.45, 7) is 6.65. The Balaban J connectivity index is 2.38. The van der Waals surface area contributed by atoms with Gasteiger partial charge in [-0.2, -0.15) is 0 Å². The summed E-state index contributed by atoms with van der Waals surface area (Å²) in [5.41, 5.74) is 2.06. The number of imidazole rings is 1. The van der Waals surface area contributed by atoms with E-state index >= 15 is 0 Å². The third-order valence-electron chi connectivity index (χ3n) is 3.68. The minimum atomic E-state index is 0.121. The van der Waals surface area contributed by atoms with Crippen LogP contribution in [0.2, 0.25) is 0 Å². The van der Waals surface area contributed by atoms with Crippen molar-refractivity contribution in [1.29, 1.82) is 0 Å². The second kappa shape index (κ2) is 6.00. The number of carbonyl (C=O) groups excluding carboxylic acids is 1. The summed E-state index contributed by atoms with van der Waals surface area (Å²) in [4.78, 5) is 16.8. The van der Waals surface area contributed by atoms with E-state index in [2.05, 4.69) is 23.4 Å². The topological polar surface area (TPSA) is 34.9 Å². The minimum absolute atomic E-state index is 0.121. The summed E-state index contributed by atoms with van der Waals surface area (Å²) in [5, 5.41) is 0. The number of nitrogens with zero attached hydrogens (tertiary/aromatic N) is 2. The Labute approximate surface area is 114 Å². The van der Waals surface area contributed by atoms with Crippen LogP contribution >= 0.6 is 0 Å². The zero-order valence-electron chi connectivity index (χ0n) is 12.0. The van der Waals surface area contributed by atoms with Crippen molar-refractivity contribution < 1.29 is 4.79 Å². The first kappa shape index (κ1) is 13.8. The number of carbonyl (C=O) groups is 1. The minimum Gasteiger partial charge on any atom is -0.320 e. The van der Waals surface area contributed by atoms with Crippen LogP contribution in [0.4, 0.5) is 0 Å². The highest BCUT2D eigenvalue weighted by atomic mass is 16.1. The average Bonchev–Trinajstić information content (AvgIpc) is 2.76. The maximum Gasteiger partial charge on any atom is 0.155 e. The van der Waals surface area contributed by atoms with Gasteiger partial charge in [-0.3, -0.25) is 4.79 Å². The number of para-hydroxylation sites is 2. The fourth-order valence-electron chi connectivity index (χ4n) is 2.26. The van der Waals surface area contributed by atoms with E-state index in [1.54, 1.807) is 0 Å². The first-order valence-electron chi connectivity index (χ1n) is 7.14. The molecular weight excluding hydrogens is 236 g/mol. The lowest BCUT2D eigenvalue weighted by atomic mass is 10.0. The van der Waals surface area contributed by atoms with Crippen LogP contribution in [0, 0.1) is 5.92 Å². The highest BCUT2D eigenvalue weighted by Crippen LogP contribution is 2.18. The van der Waals surface area contributed by atoms with Crippen LogP contribution in [0.1, 0.15) is 39.4 Å². The summed E-state index contributed by atoms with van der Waals surface area (Å²) in [7, 11) is 0. The van der Waals surface area contributed by atoms with Crippen molar-refractivity contribution in [3.8, 4) is 0 Å². The van der Waals surface area contributed by atoms with Crippen LogP contribution in [-0.2, 0) is 17.8 Å². The van der Waals surface area contributed by atoms with Crippen LogP contribution in [0.15, 0.2) is 24.3 Å². The second-order valence-corrected chi connectivity index (χ2v) is 5.13. The quantitative estimate of drug-likeness (QED) is 0.793. The second-order valence-electron chi connectivity index (χ2n) is 5.13. The van der Waals surface area contributed by atoms with E-state index in [0.29, 0.717) is 12.3 Å². The van der Waals surface area contributed by atoms with E-state index in [4.69, 9.17) is 0 Å². The summed E-state index contributed by atoms with van der Waals surface area (Å²) < 4.78 is 2.09. The zero-order chi connectivity index (χ0) is 13.8. The SMILES string of the molecule is CCCc1nc2ccccc2n1CC(=O)C(C)CC. The van der Waals surface area contributed by atoms with Gasteiger partial charge >= 0.3 is 0 Å². The molecule has 0 fully saturated rings. The standard InChI is InChI=1S/C16H22N2O/c1-4-8-16-17-13-9-6-7-10-14(13)18(16)11-15(19)12(3)5-2/h6-7,9-10,12H,4-5,8,11H2,1-3H3. The Morgan fingerprint density at radius 1 is 1.32 bits per heavy atom. The average molecular weight is 258 g/mol. The molecule has 1 aromatic heterocycles. The molecule has 1 aromatic carbocycles. The molecular formula is C16H22N2O. The molecule has 0 amide bonds. The predicted octanol–water partition coefficient (Wildman–Crippen LogP) is 3.60. The molecule has 0 N–H and O–H groups in total. The molecule has 3 nitrogen and oxygen atoms in total. The fraction of sp³-hybridized carbons (Fsp3) is 0.500. The van der Waals surface area contributed by atoms with Gasteiger partial charge in [-0.25, -0.2) is 4.98 Å². The Morgan fingerprint density at radius 3 is 2.74 bits per heavy atom. The van der Waals surface area contributed by atoms with Crippen molar-refractivity contribution in [1.82, 2.24) is 9.55 Å². The van der Waals surface area contributed by atoms with Gasteiger partial charge < -0.3 is 4.57 Å². The number of aryl methyl sites for hydroxylation is 1. The van der Waals surface area contributed by atoms with Gasteiger partial charge in [0.05, 0.1) is 17.6 Å². The van der Waals surface area contributed by atoms with Gasteiger partial charge in [0.25, 0.3) is 0 Å². The van der Waals surface area contributed by atoms with Crippen LogP contribution < -0.4 is 0 Å². The molecule has 1 atom stereocenters. The van der Waals surface area contributed by atoms with Crippen molar-refractivity contribution in [3.63, 3.8) is 0 Å². The number of rotatable bonds is 6. The molecule has 2 rings (SSSR count). The smallest absolute Gasteiger partial charge is 0.155 e. The van der Waals surface area contributed by atoms with Crippen LogP contribution in [0.5, 0.6) is 0 Å². The third kappa shape index (κ3) is 2.86. The van der Waals surface area contributed by atoms with Crippen LogP contribution in [-0.4, -0.2) is 15.3 Å². The molecule has 0 bridgehead atoms. The highest BCUT2D eigenvalue weighted by molar-refractivity contribution is 5.83. The number of ketones is 1. The van der Waals surface area contributed by atoms with Crippen LogP contribution in [0.3, 0.4) is 0 Å². The van der Waals surface area contributed by atoms with Gasteiger partial charge in [-0.05, 0) is 25.0 Å². The van der Waals surface area contributed by atoms with Gasteiger partial charge in [0, 0.05) is 12.3 Å². The monoisotopic (exact) mass is 258 g/mol. The Bertz CT molecular complexity index is 571. The largest absolute Gasteiger partial charge is 0.320 e. The number of benzene rings is 1. The summed E-state index contributed by atoms with van der Waals surface area (Å²) in [6.07, 6.45) is 2.86. The Kier molecular flexibility index (Phi) is 4.35. The predicted molar refractivity (Wildman–Crippen MR) is 78.2 cm³/mol. The maximum atomic E-state index is 12.2. The first-order chi connectivity index (χ1) is 9.17. The number of hydrogen-bond acceptors (Lipinski definition) is 2. The Hall–Kier alpha value is -1.64. The Morgan fingerprint density at radius 2 is 2.05 bits per heavy atom.